The number of carbonyl (C=O) groups is 2. The van der Waals surface area contributed by atoms with Crippen molar-refractivity contribution in [2.45, 2.75) is 0 Å². The lowest BCUT2D eigenvalue weighted by Gasteiger charge is -2.34. The summed E-state index contributed by atoms with van der Waals surface area (Å²) in [5.74, 6) is 4.01. The molecule has 0 radical (unpaired) electrons. The smallest absolute Gasteiger partial charge is 0.267 e. The molecule has 1 aliphatic rings. The minimum atomic E-state index is -0.420. The molecule has 5 heteroatoms. The van der Waals surface area contributed by atoms with Crippen LogP contribution in [0.1, 0.15) is 20.7 Å². The lowest BCUT2D eigenvalue weighted by Crippen LogP contribution is -2.52. The molecule has 0 aliphatic carbocycles. The highest BCUT2D eigenvalue weighted by molar-refractivity contribution is 9.10. The fraction of sp³-hybridized carbons (Fsp3) is 0.111. The number of hydrogen-bond acceptors (Lipinski definition) is 3. The highest BCUT2D eigenvalue weighted by Crippen LogP contribution is 2.34. The Bertz CT molecular complexity index is 883. The number of carbonyl (C=O) groups excluding carboxylic acids is 2. The third-order valence-electron chi connectivity index (χ3n) is 3.66. The van der Waals surface area contributed by atoms with Crippen LogP contribution in [0.2, 0.25) is 0 Å². The lowest BCUT2D eigenvalue weighted by molar-refractivity contribution is 0.00837. The Kier molecular flexibility index (Phi) is 3.92. The average Bonchev–Trinajstić information content (AvgIpc) is 2.54. The number of amides is 2. The minimum Gasteiger partial charge on any atom is -0.267 e. The van der Waals surface area contributed by atoms with E-state index in [9.17, 15) is 9.59 Å². The number of benzene rings is 2. The van der Waals surface area contributed by atoms with Gasteiger partial charge in [-0.2, -0.15) is 10.0 Å². The van der Waals surface area contributed by atoms with Gasteiger partial charge in [0.05, 0.1) is 24.2 Å². The molecule has 0 saturated heterocycles. The summed E-state index contributed by atoms with van der Waals surface area (Å²) in [6.45, 7) is 0.146. The molecule has 1 heterocycles. The van der Waals surface area contributed by atoms with Gasteiger partial charge in [-0.1, -0.05) is 39.9 Å². The Hall–Kier alpha value is -2.60. The van der Waals surface area contributed by atoms with Crippen molar-refractivity contribution in [2.75, 3.05) is 13.1 Å². The molecule has 4 nitrogen and oxygen atoms in total. The van der Waals surface area contributed by atoms with Crippen LogP contribution in [0, 0.1) is 24.7 Å². The highest BCUT2D eigenvalue weighted by Gasteiger charge is 2.36. The number of nitrogens with zero attached hydrogens (tertiary/aromatic N) is 2. The minimum absolute atomic E-state index is 0.0729. The van der Waals surface area contributed by atoms with Gasteiger partial charge in [0, 0.05) is 9.86 Å². The summed E-state index contributed by atoms with van der Waals surface area (Å²) >= 11 is 3.45. The molecule has 0 fully saturated rings. The van der Waals surface area contributed by atoms with Crippen LogP contribution in [-0.4, -0.2) is 34.9 Å². The van der Waals surface area contributed by atoms with E-state index in [1.54, 1.807) is 24.3 Å². The number of hydrazine groups is 1. The van der Waals surface area contributed by atoms with E-state index in [4.69, 9.17) is 12.8 Å². The molecule has 0 aromatic heterocycles. The van der Waals surface area contributed by atoms with Gasteiger partial charge >= 0.3 is 0 Å². The molecule has 3 rings (SSSR count). The first kappa shape index (κ1) is 15.3. The summed E-state index contributed by atoms with van der Waals surface area (Å²) in [4.78, 5) is 25.7. The molecule has 2 amide bonds. The molecule has 0 bridgehead atoms. The van der Waals surface area contributed by atoms with Crippen LogP contribution in [0.15, 0.2) is 34.8 Å². The summed E-state index contributed by atoms with van der Waals surface area (Å²) < 4.78 is 0.830. The van der Waals surface area contributed by atoms with Crippen LogP contribution >= 0.6 is 15.9 Å². The van der Waals surface area contributed by atoms with E-state index in [0.29, 0.717) is 16.5 Å². The zero-order valence-electron chi connectivity index (χ0n) is 12.0. The molecular weight excluding hydrogens is 356 g/mol. The molecule has 112 valence electrons. The summed E-state index contributed by atoms with van der Waals surface area (Å²) in [6.07, 6.45) is 10.7. The van der Waals surface area contributed by atoms with Gasteiger partial charge in [0.25, 0.3) is 11.8 Å². The molecule has 0 N–H and O–H groups in total. The summed E-state index contributed by atoms with van der Waals surface area (Å²) in [7, 11) is 0. The van der Waals surface area contributed by atoms with Crippen molar-refractivity contribution >= 4 is 38.5 Å². The van der Waals surface area contributed by atoms with E-state index in [1.807, 2.05) is 6.07 Å². The quantitative estimate of drug-likeness (QED) is 0.619. The average molecular weight is 367 g/mol. The number of imide groups is 1. The maximum absolute atomic E-state index is 12.8. The van der Waals surface area contributed by atoms with Crippen molar-refractivity contribution in [1.29, 1.82) is 0 Å². The molecule has 2 aromatic rings. The van der Waals surface area contributed by atoms with E-state index in [1.165, 1.54) is 5.01 Å². The second kappa shape index (κ2) is 5.89. The summed E-state index contributed by atoms with van der Waals surface area (Å²) in [6, 6.07) is 8.83. The van der Waals surface area contributed by atoms with Crippen molar-refractivity contribution in [2.24, 2.45) is 0 Å². The molecule has 0 saturated carbocycles. The fourth-order valence-corrected chi connectivity index (χ4v) is 3.18. The molecule has 23 heavy (non-hydrogen) atoms. The number of rotatable bonds is 3. The van der Waals surface area contributed by atoms with Gasteiger partial charge in [-0.15, -0.1) is 12.8 Å². The summed E-state index contributed by atoms with van der Waals surface area (Å²) in [5.41, 5.74) is 0.912. The predicted octanol–water partition coefficient (Wildman–Crippen LogP) is 2.68. The van der Waals surface area contributed by atoms with Crippen molar-refractivity contribution < 1.29 is 9.59 Å². The van der Waals surface area contributed by atoms with Crippen molar-refractivity contribution in [3.05, 3.63) is 45.9 Å². The zero-order chi connectivity index (χ0) is 16.6. The molecule has 1 aliphatic heterocycles. The van der Waals surface area contributed by atoms with Gasteiger partial charge in [0.15, 0.2) is 0 Å². The molecule has 0 unspecified atom stereocenters. The van der Waals surface area contributed by atoms with Gasteiger partial charge in [0.1, 0.15) is 0 Å². The van der Waals surface area contributed by atoms with Crippen molar-refractivity contribution in [1.82, 2.24) is 10.0 Å². The largest absolute Gasteiger partial charge is 0.276 e. The number of terminal acetylenes is 2. The highest BCUT2D eigenvalue weighted by atomic mass is 79.9. The van der Waals surface area contributed by atoms with Gasteiger partial charge in [-0.3, -0.25) is 9.59 Å². The third kappa shape index (κ3) is 2.31. The number of hydrogen-bond donors (Lipinski definition) is 0. The Balaban J connectivity index is 2.23. The lowest BCUT2D eigenvalue weighted by atomic mass is 9.95. The van der Waals surface area contributed by atoms with Gasteiger partial charge in [-0.05, 0) is 23.6 Å². The predicted molar refractivity (Wildman–Crippen MR) is 91.4 cm³/mol. The molecule has 2 aromatic carbocycles. The third-order valence-corrected chi connectivity index (χ3v) is 4.35. The van der Waals surface area contributed by atoms with Crippen LogP contribution in [0.4, 0.5) is 0 Å². The van der Waals surface area contributed by atoms with E-state index in [2.05, 4.69) is 27.8 Å². The Morgan fingerprint density at radius 3 is 2.22 bits per heavy atom. The zero-order valence-corrected chi connectivity index (χ0v) is 13.6. The van der Waals surface area contributed by atoms with Crippen molar-refractivity contribution in [3.8, 4) is 24.7 Å². The first-order valence-corrected chi connectivity index (χ1v) is 7.61. The van der Waals surface area contributed by atoms with E-state index < -0.39 is 11.8 Å². The molecular formula is C18H11BrN2O2. The Morgan fingerprint density at radius 2 is 1.61 bits per heavy atom. The Labute approximate surface area is 142 Å². The van der Waals surface area contributed by atoms with Gasteiger partial charge in [-0.25, -0.2) is 0 Å². The first-order chi connectivity index (χ1) is 11.1. The van der Waals surface area contributed by atoms with Crippen LogP contribution in [0.3, 0.4) is 0 Å². The SMILES string of the molecule is C#CCN(CC#C)N1C(=O)c2cccc3c(Br)ccc(c23)C1=O. The topological polar surface area (TPSA) is 40.6 Å². The van der Waals surface area contributed by atoms with E-state index >= 15 is 0 Å². The summed E-state index contributed by atoms with van der Waals surface area (Å²) in [5, 5.41) is 3.91. The van der Waals surface area contributed by atoms with Crippen LogP contribution in [0.25, 0.3) is 10.8 Å². The van der Waals surface area contributed by atoms with Crippen LogP contribution in [0.5, 0.6) is 0 Å². The fourth-order valence-electron chi connectivity index (χ4n) is 2.71. The Morgan fingerprint density at radius 1 is 1.00 bits per heavy atom. The van der Waals surface area contributed by atoms with Gasteiger partial charge in [0.2, 0.25) is 0 Å². The standard InChI is InChI=1S/C18H11BrN2O2/c1-3-10-20(11-4-2)21-17(22)13-7-5-6-12-15(19)9-8-14(16(12)13)18(21)23/h1-2,5-9H,10-11H2. The van der Waals surface area contributed by atoms with Crippen molar-refractivity contribution in [3.63, 3.8) is 0 Å². The first-order valence-electron chi connectivity index (χ1n) is 6.82. The normalized spacial score (nSPS) is 13.3. The molecule has 0 atom stereocenters. The maximum atomic E-state index is 12.8. The number of halogens is 1. The molecule has 0 spiro atoms. The van der Waals surface area contributed by atoms with Crippen LogP contribution < -0.4 is 0 Å². The van der Waals surface area contributed by atoms with Gasteiger partial charge < -0.3 is 0 Å². The second-order valence-electron chi connectivity index (χ2n) is 4.98. The van der Waals surface area contributed by atoms with E-state index in [0.717, 1.165) is 14.9 Å². The monoisotopic (exact) mass is 366 g/mol. The van der Waals surface area contributed by atoms with E-state index in [-0.39, 0.29) is 13.1 Å². The van der Waals surface area contributed by atoms with Crippen LogP contribution in [-0.2, 0) is 0 Å². The maximum Gasteiger partial charge on any atom is 0.276 e. The second-order valence-corrected chi connectivity index (χ2v) is 5.83.